The number of carbonyl (C=O) groups excluding carboxylic acids is 1. The van der Waals surface area contributed by atoms with Gasteiger partial charge in [0.1, 0.15) is 18.3 Å². The van der Waals surface area contributed by atoms with E-state index in [-0.39, 0.29) is 12.1 Å². The third-order valence-electron chi connectivity index (χ3n) is 2.22. The van der Waals surface area contributed by atoms with Crippen molar-refractivity contribution < 1.29 is 24.1 Å². The van der Waals surface area contributed by atoms with Crippen LogP contribution in [0.4, 0.5) is 0 Å². The van der Waals surface area contributed by atoms with Gasteiger partial charge in [0.05, 0.1) is 6.10 Å². The Labute approximate surface area is 118 Å². The molecule has 0 aromatic heterocycles. The van der Waals surface area contributed by atoms with Gasteiger partial charge >= 0.3 is 5.97 Å². The van der Waals surface area contributed by atoms with E-state index in [0.717, 1.165) is 18.9 Å². The number of ether oxygens (including phenoxy) is 3. The van der Waals surface area contributed by atoms with E-state index in [4.69, 9.17) is 19.3 Å². The van der Waals surface area contributed by atoms with Gasteiger partial charge in [-0.3, -0.25) is 4.79 Å². The Morgan fingerprint density at radius 3 is 2.70 bits per heavy atom. The lowest BCUT2D eigenvalue weighted by molar-refractivity contribution is -0.134. The molecular weight excluding hydrogens is 260 g/mol. The Morgan fingerprint density at radius 2 is 2.10 bits per heavy atom. The molecule has 0 fully saturated rings. The molecule has 0 aliphatic carbocycles. The van der Waals surface area contributed by atoms with Crippen molar-refractivity contribution in [2.75, 3.05) is 0 Å². The maximum Gasteiger partial charge on any atom is 0.311 e. The van der Waals surface area contributed by atoms with Gasteiger partial charge in [-0.05, 0) is 32.4 Å². The lowest BCUT2D eigenvalue weighted by Gasteiger charge is -2.15. The van der Waals surface area contributed by atoms with Gasteiger partial charge in [-0.1, -0.05) is 6.92 Å². The Balaban J connectivity index is 2.93. The molecule has 1 aromatic carbocycles. The first-order valence-corrected chi connectivity index (χ1v) is 6.54. The molecule has 0 aliphatic heterocycles. The van der Waals surface area contributed by atoms with Crippen molar-refractivity contribution in [3.63, 3.8) is 0 Å². The summed E-state index contributed by atoms with van der Waals surface area (Å²) < 4.78 is 16.0. The lowest BCUT2D eigenvalue weighted by atomic mass is 10.3. The molecule has 0 unspecified atom stereocenters. The SMILES string of the molecule is CCCC(=O)Oc1ccc(OC=CO)cc1OC(C)C. The number of rotatable bonds is 7. The number of hydrogen-bond acceptors (Lipinski definition) is 5. The minimum absolute atomic E-state index is 0.0674. The number of aliphatic hydroxyl groups excluding tert-OH is 1. The van der Waals surface area contributed by atoms with Crippen LogP contribution in [-0.4, -0.2) is 17.2 Å². The van der Waals surface area contributed by atoms with Crippen LogP contribution in [0.15, 0.2) is 30.7 Å². The van der Waals surface area contributed by atoms with Crippen molar-refractivity contribution in [3.8, 4) is 17.2 Å². The largest absolute Gasteiger partial charge is 0.512 e. The minimum Gasteiger partial charge on any atom is -0.512 e. The van der Waals surface area contributed by atoms with Crippen LogP contribution < -0.4 is 14.2 Å². The van der Waals surface area contributed by atoms with Crippen molar-refractivity contribution >= 4 is 5.97 Å². The van der Waals surface area contributed by atoms with E-state index in [1.807, 2.05) is 20.8 Å². The molecule has 1 N–H and O–H groups in total. The van der Waals surface area contributed by atoms with Crippen molar-refractivity contribution in [1.82, 2.24) is 0 Å². The van der Waals surface area contributed by atoms with Gasteiger partial charge in [0.15, 0.2) is 11.5 Å². The molecule has 1 aromatic rings. The Kier molecular flexibility index (Phi) is 6.43. The van der Waals surface area contributed by atoms with Crippen LogP contribution in [-0.2, 0) is 4.79 Å². The first kappa shape index (κ1) is 15.9. The Bertz CT molecular complexity index is 465. The van der Waals surface area contributed by atoms with E-state index in [9.17, 15) is 4.79 Å². The van der Waals surface area contributed by atoms with E-state index in [1.165, 1.54) is 0 Å². The van der Waals surface area contributed by atoms with Crippen molar-refractivity contribution in [3.05, 3.63) is 30.7 Å². The summed E-state index contributed by atoms with van der Waals surface area (Å²) in [7, 11) is 0. The second kappa shape index (κ2) is 8.09. The molecule has 0 heterocycles. The normalized spacial score (nSPS) is 10.8. The van der Waals surface area contributed by atoms with Gasteiger partial charge < -0.3 is 19.3 Å². The van der Waals surface area contributed by atoms with Crippen LogP contribution in [0, 0.1) is 0 Å². The zero-order valence-corrected chi connectivity index (χ0v) is 12.0. The van der Waals surface area contributed by atoms with Gasteiger partial charge in [-0.15, -0.1) is 0 Å². The highest BCUT2D eigenvalue weighted by atomic mass is 16.6. The number of hydrogen-bond donors (Lipinski definition) is 1. The summed E-state index contributed by atoms with van der Waals surface area (Å²) in [6, 6.07) is 4.84. The average Bonchev–Trinajstić information content (AvgIpc) is 2.38. The minimum atomic E-state index is -0.301. The van der Waals surface area contributed by atoms with Gasteiger partial charge in [0, 0.05) is 12.5 Å². The third-order valence-corrected chi connectivity index (χ3v) is 2.22. The van der Waals surface area contributed by atoms with Crippen LogP contribution in [0.1, 0.15) is 33.6 Å². The first-order chi connectivity index (χ1) is 9.56. The molecule has 0 radical (unpaired) electrons. The van der Waals surface area contributed by atoms with Crippen LogP contribution in [0.2, 0.25) is 0 Å². The Hall–Kier alpha value is -2.17. The summed E-state index contributed by atoms with van der Waals surface area (Å²) in [4.78, 5) is 11.6. The van der Waals surface area contributed by atoms with Gasteiger partial charge in [0.25, 0.3) is 0 Å². The molecule has 0 aliphatic rings. The summed E-state index contributed by atoms with van der Waals surface area (Å²) in [5.74, 6) is 0.956. The van der Waals surface area contributed by atoms with E-state index in [1.54, 1.807) is 18.2 Å². The molecule has 5 nitrogen and oxygen atoms in total. The van der Waals surface area contributed by atoms with Crippen LogP contribution in [0.25, 0.3) is 0 Å². The number of aliphatic hydroxyl groups is 1. The number of benzene rings is 1. The number of carbonyl (C=O) groups is 1. The fraction of sp³-hybridized carbons (Fsp3) is 0.400. The molecule has 0 saturated carbocycles. The quantitative estimate of drug-likeness (QED) is 0.470. The second-order valence-electron chi connectivity index (χ2n) is 4.40. The predicted octanol–water partition coefficient (Wildman–Crippen LogP) is 3.59. The fourth-order valence-electron chi connectivity index (χ4n) is 1.48. The van der Waals surface area contributed by atoms with Crippen molar-refractivity contribution in [2.24, 2.45) is 0 Å². The van der Waals surface area contributed by atoms with E-state index in [2.05, 4.69) is 0 Å². The summed E-state index contributed by atoms with van der Waals surface area (Å²) in [6.45, 7) is 5.66. The van der Waals surface area contributed by atoms with Gasteiger partial charge in [0.2, 0.25) is 0 Å². The standard InChI is InChI=1S/C15H20O5/c1-4-5-15(17)20-13-7-6-12(18-9-8-16)10-14(13)19-11(2)3/h6-11,16H,4-5H2,1-3H3. The van der Waals surface area contributed by atoms with Gasteiger partial charge in [-0.2, -0.15) is 0 Å². The highest BCUT2D eigenvalue weighted by Gasteiger charge is 2.12. The molecule has 0 bridgehead atoms. The van der Waals surface area contributed by atoms with Gasteiger partial charge in [-0.25, -0.2) is 0 Å². The molecule has 0 amide bonds. The Morgan fingerprint density at radius 1 is 1.35 bits per heavy atom. The van der Waals surface area contributed by atoms with Crippen LogP contribution in [0.5, 0.6) is 17.2 Å². The second-order valence-corrected chi connectivity index (χ2v) is 4.40. The predicted molar refractivity (Wildman–Crippen MR) is 75.1 cm³/mol. The third kappa shape index (κ3) is 5.22. The molecule has 110 valence electrons. The fourth-order valence-corrected chi connectivity index (χ4v) is 1.48. The summed E-state index contributed by atoms with van der Waals surface area (Å²) >= 11 is 0. The van der Waals surface area contributed by atoms with Crippen molar-refractivity contribution in [1.29, 1.82) is 0 Å². The van der Waals surface area contributed by atoms with Crippen molar-refractivity contribution in [2.45, 2.75) is 39.7 Å². The van der Waals surface area contributed by atoms with Crippen LogP contribution >= 0.6 is 0 Å². The molecular formula is C15H20O5. The topological polar surface area (TPSA) is 65.0 Å². The highest BCUT2D eigenvalue weighted by molar-refractivity contribution is 5.73. The van der Waals surface area contributed by atoms with Crippen LogP contribution in [0.3, 0.4) is 0 Å². The summed E-state index contributed by atoms with van der Waals surface area (Å²) in [5.41, 5.74) is 0. The average molecular weight is 280 g/mol. The smallest absolute Gasteiger partial charge is 0.311 e. The zero-order chi connectivity index (χ0) is 15.0. The zero-order valence-electron chi connectivity index (χ0n) is 12.0. The molecule has 0 saturated heterocycles. The van der Waals surface area contributed by atoms with E-state index < -0.39 is 0 Å². The number of esters is 1. The maximum absolute atomic E-state index is 11.6. The molecule has 20 heavy (non-hydrogen) atoms. The highest BCUT2D eigenvalue weighted by Crippen LogP contribution is 2.32. The lowest BCUT2D eigenvalue weighted by Crippen LogP contribution is -2.11. The van der Waals surface area contributed by atoms with E-state index >= 15 is 0 Å². The monoisotopic (exact) mass is 280 g/mol. The maximum atomic E-state index is 11.6. The summed E-state index contributed by atoms with van der Waals surface area (Å²) in [5, 5.41) is 8.57. The van der Waals surface area contributed by atoms with E-state index in [0.29, 0.717) is 23.7 Å². The molecule has 1 rings (SSSR count). The molecule has 5 heteroatoms. The summed E-state index contributed by atoms with van der Waals surface area (Å²) in [6.07, 6.45) is 2.94. The first-order valence-electron chi connectivity index (χ1n) is 6.54. The molecule has 0 spiro atoms. The molecule has 0 atom stereocenters.